The number of nitrogens with one attached hydrogen (secondary N) is 1. The van der Waals surface area contributed by atoms with Crippen LogP contribution in [-0.2, 0) is 4.79 Å². The average Bonchev–Trinajstić information content (AvgIpc) is 2.42. The number of aliphatic hydroxyl groups excluding tert-OH is 1. The molecule has 0 aromatic heterocycles. The van der Waals surface area contributed by atoms with Gasteiger partial charge < -0.3 is 10.4 Å². The van der Waals surface area contributed by atoms with Gasteiger partial charge in [-0.25, -0.2) is 0 Å². The smallest absolute Gasteiger partial charge is 0.257 e. The zero-order valence-corrected chi connectivity index (χ0v) is 12.7. The molecule has 1 unspecified atom stereocenters. The van der Waals surface area contributed by atoms with Crippen LogP contribution in [0.2, 0.25) is 5.02 Å². The summed E-state index contributed by atoms with van der Waals surface area (Å²) in [5, 5.41) is 13.2. The Hall–Kier alpha value is -1.11. The van der Waals surface area contributed by atoms with Gasteiger partial charge in [-0.3, -0.25) is 4.79 Å². The topological polar surface area (TPSA) is 49.3 Å². The molecule has 2 aromatic carbocycles. The lowest BCUT2D eigenvalue weighted by atomic mass is 10.1. The van der Waals surface area contributed by atoms with E-state index in [-0.39, 0.29) is 0 Å². The molecule has 0 spiro atoms. The lowest BCUT2D eigenvalue weighted by Gasteiger charge is -2.12. The molecule has 98 valence electrons. The minimum atomic E-state index is -1.19. The predicted molar refractivity (Wildman–Crippen MR) is 84.2 cm³/mol. The van der Waals surface area contributed by atoms with Gasteiger partial charge in [0.15, 0.2) is 6.10 Å². The van der Waals surface area contributed by atoms with E-state index >= 15 is 0 Å². The number of carbonyl (C=O) groups is 1. The van der Waals surface area contributed by atoms with Gasteiger partial charge in [0.05, 0.1) is 5.69 Å². The van der Waals surface area contributed by atoms with E-state index in [1.54, 1.807) is 42.5 Å². The first-order valence-corrected chi connectivity index (χ1v) is 7.02. The number of anilines is 1. The van der Waals surface area contributed by atoms with Crippen molar-refractivity contribution in [1.29, 1.82) is 0 Å². The maximum atomic E-state index is 12.0. The Morgan fingerprint density at radius 3 is 2.53 bits per heavy atom. The third-order valence-corrected chi connectivity index (χ3v) is 3.68. The Balaban J connectivity index is 2.13. The molecule has 3 nitrogen and oxygen atoms in total. The van der Waals surface area contributed by atoms with Crippen molar-refractivity contribution >= 4 is 45.8 Å². The molecule has 0 aliphatic carbocycles. The lowest BCUT2D eigenvalue weighted by Crippen LogP contribution is -2.21. The van der Waals surface area contributed by atoms with Crippen molar-refractivity contribution < 1.29 is 9.90 Å². The van der Waals surface area contributed by atoms with Crippen molar-refractivity contribution in [2.24, 2.45) is 0 Å². The Bertz CT molecular complexity index is 589. The van der Waals surface area contributed by atoms with Crippen LogP contribution in [0.15, 0.2) is 48.5 Å². The fourth-order valence-electron chi connectivity index (χ4n) is 1.58. The van der Waals surface area contributed by atoms with Crippen LogP contribution >= 0.6 is 34.2 Å². The quantitative estimate of drug-likeness (QED) is 0.791. The van der Waals surface area contributed by atoms with Crippen molar-refractivity contribution in [3.63, 3.8) is 0 Å². The van der Waals surface area contributed by atoms with Crippen molar-refractivity contribution in [2.45, 2.75) is 6.10 Å². The second-order valence-corrected chi connectivity index (χ2v) is 5.53. The number of halogens is 2. The van der Waals surface area contributed by atoms with Crippen LogP contribution in [0.5, 0.6) is 0 Å². The highest BCUT2D eigenvalue weighted by Gasteiger charge is 2.17. The molecule has 2 rings (SSSR count). The maximum Gasteiger partial charge on any atom is 0.257 e. The number of hydrogen-bond acceptors (Lipinski definition) is 2. The number of amides is 1. The van der Waals surface area contributed by atoms with E-state index in [9.17, 15) is 9.90 Å². The summed E-state index contributed by atoms with van der Waals surface area (Å²) in [6.45, 7) is 0. The molecule has 19 heavy (non-hydrogen) atoms. The van der Waals surface area contributed by atoms with Gasteiger partial charge >= 0.3 is 0 Å². The number of benzene rings is 2. The fourth-order valence-corrected chi connectivity index (χ4v) is 2.58. The van der Waals surface area contributed by atoms with E-state index in [0.29, 0.717) is 16.3 Å². The number of carbonyl (C=O) groups excluding carboxylic acids is 1. The molecule has 0 aliphatic heterocycles. The Morgan fingerprint density at radius 1 is 1.21 bits per heavy atom. The predicted octanol–water partition coefficient (Wildman–Crippen LogP) is 3.62. The molecule has 1 atom stereocenters. The third kappa shape index (κ3) is 3.68. The highest BCUT2D eigenvalue weighted by atomic mass is 127. The molecule has 1 amide bonds. The molecule has 0 radical (unpaired) electrons. The summed E-state index contributed by atoms with van der Waals surface area (Å²) in [7, 11) is 0. The highest BCUT2D eigenvalue weighted by molar-refractivity contribution is 14.1. The van der Waals surface area contributed by atoms with Gasteiger partial charge in [-0.1, -0.05) is 41.9 Å². The van der Waals surface area contributed by atoms with E-state index < -0.39 is 12.0 Å². The first-order valence-electron chi connectivity index (χ1n) is 5.57. The summed E-state index contributed by atoms with van der Waals surface area (Å²) in [5.41, 5.74) is 1.19. The normalized spacial score (nSPS) is 11.9. The molecular formula is C14H11ClINO2. The number of aliphatic hydroxyl groups is 1. The summed E-state index contributed by atoms with van der Waals surface area (Å²) >= 11 is 7.92. The van der Waals surface area contributed by atoms with Crippen LogP contribution in [-0.4, -0.2) is 11.0 Å². The van der Waals surface area contributed by atoms with Crippen molar-refractivity contribution in [1.82, 2.24) is 0 Å². The average molecular weight is 388 g/mol. The first kappa shape index (κ1) is 14.3. The Morgan fingerprint density at radius 2 is 1.89 bits per heavy atom. The zero-order chi connectivity index (χ0) is 13.8. The zero-order valence-electron chi connectivity index (χ0n) is 9.81. The number of rotatable bonds is 3. The first-order chi connectivity index (χ1) is 9.08. The molecule has 0 heterocycles. The standard InChI is InChI=1S/C14H11ClINO2/c15-10-6-7-12(11(16)8-10)17-14(19)13(18)9-4-2-1-3-5-9/h1-8,13,18H,(H,17,19). The highest BCUT2D eigenvalue weighted by Crippen LogP contribution is 2.23. The minimum Gasteiger partial charge on any atom is -0.378 e. The molecule has 0 bridgehead atoms. The summed E-state index contributed by atoms with van der Waals surface area (Å²) in [4.78, 5) is 12.0. The second kappa shape index (κ2) is 6.36. The second-order valence-electron chi connectivity index (χ2n) is 3.93. The van der Waals surface area contributed by atoms with E-state index in [1.807, 2.05) is 6.07 Å². The van der Waals surface area contributed by atoms with Crippen LogP contribution < -0.4 is 5.32 Å². The maximum absolute atomic E-state index is 12.0. The van der Waals surface area contributed by atoms with Crippen molar-refractivity contribution in [3.05, 3.63) is 62.7 Å². The van der Waals surface area contributed by atoms with Gasteiger partial charge in [0.1, 0.15) is 0 Å². The van der Waals surface area contributed by atoms with E-state index in [4.69, 9.17) is 11.6 Å². The van der Waals surface area contributed by atoms with Gasteiger partial charge in [0, 0.05) is 8.59 Å². The SMILES string of the molecule is O=C(Nc1ccc(Cl)cc1I)C(O)c1ccccc1. The van der Waals surface area contributed by atoms with Crippen LogP contribution in [0.1, 0.15) is 11.7 Å². The van der Waals surface area contributed by atoms with Gasteiger partial charge in [-0.05, 0) is 46.4 Å². The Kier molecular flexibility index (Phi) is 4.79. The van der Waals surface area contributed by atoms with Gasteiger partial charge in [-0.15, -0.1) is 0 Å². The summed E-state index contributed by atoms with van der Waals surface area (Å²) < 4.78 is 0.818. The van der Waals surface area contributed by atoms with Crippen LogP contribution in [0.4, 0.5) is 5.69 Å². The van der Waals surface area contributed by atoms with Gasteiger partial charge in [0.2, 0.25) is 0 Å². The van der Waals surface area contributed by atoms with Crippen LogP contribution in [0.3, 0.4) is 0 Å². The molecule has 5 heteroatoms. The molecule has 2 aromatic rings. The molecular weight excluding hydrogens is 377 g/mol. The van der Waals surface area contributed by atoms with Gasteiger partial charge in [-0.2, -0.15) is 0 Å². The molecule has 0 aliphatic rings. The monoisotopic (exact) mass is 387 g/mol. The lowest BCUT2D eigenvalue weighted by molar-refractivity contribution is -0.124. The van der Waals surface area contributed by atoms with Crippen molar-refractivity contribution in [2.75, 3.05) is 5.32 Å². The van der Waals surface area contributed by atoms with Crippen molar-refractivity contribution in [3.8, 4) is 0 Å². The fraction of sp³-hybridized carbons (Fsp3) is 0.0714. The van der Waals surface area contributed by atoms with E-state index in [1.165, 1.54) is 0 Å². The molecule has 0 fully saturated rings. The van der Waals surface area contributed by atoms with E-state index in [0.717, 1.165) is 3.57 Å². The third-order valence-electron chi connectivity index (χ3n) is 2.55. The summed E-state index contributed by atoms with van der Waals surface area (Å²) in [5.74, 6) is -0.466. The summed E-state index contributed by atoms with van der Waals surface area (Å²) in [6.07, 6.45) is -1.19. The van der Waals surface area contributed by atoms with Gasteiger partial charge in [0.25, 0.3) is 5.91 Å². The number of hydrogen-bond donors (Lipinski definition) is 2. The molecule has 0 saturated carbocycles. The molecule has 0 saturated heterocycles. The minimum absolute atomic E-state index is 0.466. The Labute approximate surface area is 129 Å². The summed E-state index contributed by atoms with van der Waals surface area (Å²) in [6, 6.07) is 13.9. The van der Waals surface area contributed by atoms with Crippen LogP contribution in [0, 0.1) is 3.57 Å². The van der Waals surface area contributed by atoms with E-state index in [2.05, 4.69) is 27.9 Å². The molecule has 2 N–H and O–H groups in total. The largest absolute Gasteiger partial charge is 0.378 e. The van der Waals surface area contributed by atoms with Crippen LogP contribution in [0.25, 0.3) is 0 Å².